The lowest BCUT2D eigenvalue weighted by Crippen LogP contribution is -2.40. The Morgan fingerprint density at radius 2 is 1.71 bits per heavy atom. The predicted molar refractivity (Wildman–Crippen MR) is 120 cm³/mol. The number of hydrogen-bond donors (Lipinski definition) is 0. The van der Waals surface area contributed by atoms with Crippen LogP contribution in [0.1, 0.15) is 36.8 Å². The lowest BCUT2D eigenvalue weighted by atomic mass is 9.88. The van der Waals surface area contributed by atoms with E-state index in [9.17, 15) is 9.18 Å². The molecule has 31 heavy (non-hydrogen) atoms. The fourth-order valence-electron chi connectivity index (χ4n) is 5.15. The number of carbonyl (C=O) groups is 1. The monoisotopic (exact) mass is 424 g/mol. The lowest BCUT2D eigenvalue weighted by Gasteiger charge is -2.34. The van der Waals surface area contributed by atoms with Crippen molar-refractivity contribution in [1.29, 1.82) is 0 Å². The van der Waals surface area contributed by atoms with Gasteiger partial charge in [-0.25, -0.2) is 4.39 Å². The van der Waals surface area contributed by atoms with Gasteiger partial charge in [0, 0.05) is 26.2 Å². The molecule has 0 N–H and O–H groups in total. The summed E-state index contributed by atoms with van der Waals surface area (Å²) in [4.78, 5) is 17.6. The van der Waals surface area contributed by atoms with E-state index in [0.717, 1.165) is 52.1 Å². The third kappa shape index (κ3) is 5.72. The van der Waals surface area contributed by atoms with Gasteiger partial charge in [-0.1, -0.05) is 42.5 Å². The molecule has 0 spiro atoms. The number of ether oxygens (including phenoxy) is 1. The summed E-state index contributed by atoms with van der Waals surface area (Å²) in [5.74, 6) is 0.510. The summed E-state index contributed by atoms with van der Waals surface area (Å²) in [5.41, 5.74) is 2.52. The molecule has 2 aliphatic heterocycles. The Balaban J connectivity index is 1.35. The zero-order valence-electron chi connectivity index (χ0n) is 18.4. The number of piperidine rings is 1. The van der Waals surface area contributed by atoms with Gasteiger partial charge in [-0.3, -0.25) is 9.69 Å². The van der Waals surface area contributed by atoms with Gasteiger partial charge in [0.25, 0.3) is 0 Å². The van der Waals surface area contributed by atoms with Crippen molar-refractivity contribution in [3.63, 3.8) is 0 Å². The molecule has 2 fully saturated rings. The van der Waals surface area contributed by atoms with Crippen LogP contribution in [0.3, 0.4) is 0 Å². The second kappa shape index (κ2) is 10.4. The van der Waals surface area contributed by atoms with Crippen LogP contribution >= 0.6 is 0 Å². The Kier molecular flexibility index (Phi) is 7.36. The Labute approximate surface area is 185 Å². The average Bonchev–Trinajstić information content (AvgIpc) is 3.18. The van der Waals surface area contributed by atoms with Gasteiger partial charge in [-0.2, -0.15) is 0 Å². The summed E-state index contributed by atoms with van der Waals surface area (Å²) in [6.45, 7) is 7.86. The first-order valence-electron chi connectivity index (χ1n) is 11.5. The Bertz CT molecular complexity index is 834. The highest BCUT2D eigenvalue weighted by Crippen LogP contribution is 2.31. The topological polar surface area (TPSA) is 32.8 Å². The molecule has 0 aliphatic carbocycles. The maximum Gasteiger partial charge on any atom is 0.310 e. The number of carbonyl (C=O) groups excluding carboxylic acids is 1. The van der Waals surface area contributed by atoms with Crippen molar-refractivity contribution in [2.24, 2.45) is 11.8 Å². The minimum atomic E-state index is -0.174. The van der Waals surface area contributed by atoms with Crippen LogP contribution in [-0.2, 0) is 16.1 Å². The number of hydrogen-bond acceptors (Lipinski definition) is 4. The molecule has 4 rings (SSSR count). The largest absolute Gasteiger partial charge is 0.466 e. The maximum absolute atomic E-state index is 13.2. The van der Waals surface area contributed by atoms with Gasteiger partial charge in [-0.05, 0) is 68.0 Å². The third-order valence-electron chi connectivity index (χ3n) is 6.78. The van der Waals surface area contributed by atoms with Crippen LogP contribution in [0.5, 0.6) is 0 Å². The van der Waals surface area contributed by atoms with Crippen molar-refractivity contribution in [3.05, 3.63) is 71.5 Å². The van der Waals surface area contributed by atoms with Crippen LogP contribution < -0.4 is 0 Å². The maximum atomic E-state index is 13.2. The fourth-order valence-corrected chi connectivity index (χ4v) is 5.15. The molecule has 5 heteroatoms. The molecule has 1 unspecified atom stereocenters. The van der Waals surface area contributed by atoms with Crippen LogP contribution in [0.15, 0.2) is 54.6 Å². The zero-order chi connectivity index (χ0) is 21.6. The number of rotatable bonds is 7. The highest BCUT2D eigenvalue weighted by atomic mass is 19.1. The van der Waals surface area contributed by atoms with Gasteiger partial charge >= 0.3 is 5.97 Å². The molecule has 0 radical (unpaired) electrons. The van der Waals surface area contributed by atoms with E-state index in [1.165, 1.54) is 11.1 Å². The minimum absolute atomic E-state index is 0.0516. The average molecular weight is 425 g/mol. The molecule has 2 aromatic carbocycles. The molecule has 2 heterocycles. The number of halogens is 1. The van der Waals surface area contributed by atoms with E-state index in [0.29, 0.717) is 18.4 Å². The molecule has 0 aromatic heterocycles. The Morgan fingerprint density at radius 3 is 2.39 bits per heavy atom. The first-order chi connectivity index (χ1) is 15.1. The Morgan fingerprint density at radius 1 is 1.00 bits per heavy atom. The SMILES string of the molecule is CCOC(=O)[C@@H]1CN(Cc2ccccc2)CC1CN1CCC(c2ccc(F)cc2)CC1. The molecule has 2 atom stereocenters. The molecule has 2 aliphatic rings. The van der Waals surface area contributed by atoms with Crippen LogP contribution in [0.4, 0.5) is 4.39 Å². The number of esters is 1. The number of benzene rings is 2. The summed E-state index contributed by atoms with van der Waals surface area (Å²) in [5, 5.41) is 0. The summed E-state index contributed by atoms with van der Waals surface area (Å²) >= 11 is 0. The van der Waals surface area contributed by atoms with Crippen LogP contribution in [-0.4, -0.2) is 55.1 Å². The van der Waals surface area contributed by atoms with E-state index in [-0.39, 0.29) is 17.7 Å². The first-order valence-corrected chi connectivity index (χ1v) is 11.5. The highest BCUT2D eigenvalue weighted by Gasteiger charge is 2.39. The van der Waals surface area contributed by atoms with Crippen LogP contribution in [0.2, 0.25) is 0 Å². The second-order valence-corrected chi connectivity index (χ2v) is 8.92. The lowest BCUT2D eigenvalue weighted by molar-refractivity contribution is -0.149. The predicted octanol–water partition coefficient (Wildman–Crippen LogP) is 4.32. The van der Waals surface area contributed by atoms with Gasteiger partial charge in [0.05, 0.1) is 12.5 Å². The molecule has 0 saturated carbocycles. The van der Waals surface area contributed by atoms with Gasteiger partial charge < -0.3 is 9.64 Å². The van der Waals surface area contributed by atoms with Crippen LogP contribution in [0.25, 0.3) is 0 Å². The summed E-state index contributed by atoms with van der Waals surface area (Å²) < 4.78 is 18.6. The molecule has 2 aromatic rings. The van der Waals surface area contributed by atoms with Crippen molar-refractivity contribution in [3.8, 4) is 0 Å². The van der Waals surface area contributed by atoms with E-state index in [2.05, 4.69) is 34.1 Å². The smallest absolute Gasteiger partial charge is 0.310 e. The molecular formula is C26H33FN2O2. The van der Waals surface area contributed by atoms with Crippen molar-refractivity contribution in [2.75, 3.05) is 39.3 Å². The molecule has 0 amide bonds. The molecule has 2 saturated heterocycles. The summed E-state index contributed by atoms with van der Waals surface area (Å²) in [6, 6.07) is 17.4. The highest BCUT2D eigenvalue weighted by molar-refractivity contribution is 5.73. The normalized spacial score (nSPS) is 23.2. The van der Waals surface area contributed by atoms with Gasteiger partial charge in [0.2, 0.25) is 0 Å². The summed E-state index contributed by atoms with van der Waals surface area (Å²) in [6.07, 6.45) is 2.16. The van der Waals surface area contributed by atoms with Crippen molar-refractivity contribution >= 4 is 5.97 Å². The molecular weight excluding hydrogens is 391 g/mol. The summed E-state index contributed by atoms with van der Waals surface area (Å²) in [7, 11) is 0. The van der Waals surface area contributed by atoms with E-state index >= 15 is 0 Å². The van der Waals surface area contributed by atoms with E-state index in [1.807, 2.05) is 25.1 Å². The number of likely N-dealkylation sites (tertiary alicyclic amines) is 2. The first kappa shape index (κ1) is 22.0. The molecule has 166 valence electrons. The van der Waals surface area contributed by atoms with E-state index in [4.69, 9.17) is 4.74 Å². The number of nitrogens with zero attached hydrogens (tertiary/aromatic N) is 2. The standard InChI is InChI=1S/C26H33FN2O2/c1-2-31-26(30)25-19-29(16-20-6-4-3-5-7-20)18-23(25)17-28-14-12-22(13-15-28)21-8-10-24(27)11-9-21/h3-11,22-23,25H,2,12-19H2,1H3/t23?,25-/m1/s1. The molecule has 4 nitrogen and oxygen atoms in total. The Hall–Kier alpha value is -2.24. The second-order valence-electron chi connectivity index (χ2n) is 8.92. The zero-order valence-corrected chi connectivity index (χ0v) is 18.4. The van der Waals surface area contributed by atoms with E-state index in [1.54, 1.807) is 12.1 Å². The fraction of sp³-hybridized carbons (Fsp3) is 0.500. The van der Waals surface area contributed by atoms with Crippen molar-refractivity contribution in [1.82, 2.24) is 9.80 Å². The van der Waals surface area contributed by atoms with Crippen LogP contribution in [0, 0.1) is 17.7 Å². The van der Waals surface area contributed by atoms with Crippen molar-refractivity contribution in [2.45, 2.75) is 32.2 Å². The minimum Gasteiger partial charge on any atom is -0.466 e. The van der Waals surface area contributed by atoms with Gasteiger partial charge in [0.15, 0.2) is 0 Å². The van der Waals surface area contributed by atoms with Gasteiger partial charge in [0.1, 0.15) is 5.82 Å². The van der Waals surface area contributed by atoms with Gasteiger partial charge in [-0.15, -0.1) is 0 Å². The van der Waals surface area contributed by atoms with Crippen molar-refractivity contribution < 1.29 is 13.9 Å². The van der Waals surface area contributed by atoms with E-state index < -0.39 is 0 Å². The quantitative estimate of drug-likeness (QED) is 0.620. The third-order valence-corrected chi connectivity index (χ3v) is 6.78. The molecule has 0 bridgehead atoms.